The SMILES string of the molecule is C[C@H](OC(=O)/C=C/c1cccc([N+](=O)[O-])c1)c1nnc(-c2cccs2)o1. The van der Waals surface area contributed by atoms with Gasteiger partial charge in [-0.15, -0.1) is 21.5 Å². The molecule has 0 N–H and O–H groups in total. The number of esters is 1. The zero-order chi connectivity index (χ0) is 18.5. The maximum Gasteiger partial charge on any atom is 0.331 e. The van der Waals surface area contributed by atoms with Gasteiger partial charge in [-0.1, -0.05) is 18.2 Å². The lowest BCUT2D eigenvalue weighted by Crippen LogP contribution is -2.06. The molecule has 0 aliphatic rings. The molecule has 132 valence electrons. The van der Waals surface area contributed by atoms with Gasteiger partial charge < -0.3 is 9.15 Å². The Balaban J connectivity index is 1.62. The Morgan fingerprint density at radius 2 is 2.19 bits per heavy atom. The molecular weight excluding hydrogens is 358 g/mol. The summed E-state index contributed by atoms with van der Waals surface area (Å²) in [6.07, 6.45) is 1.90. The number of non-ortho nitro benzene ring substituents is 1. The number of nitro groups is 1. The van der Waals surface area contributed by atoms with Gasteiger partial charge in [-0.25, -0.2) is 4.79 Å². The molecule has 3 aromatic rings. The maximum atomic E-state index is 11.9. The fraction of sp³-hybridized carbons (Fsp3) is 0.118. The van der Waals surface area contributed by atoms with Crippen molar-refractivity contribution in [1.82, 2.24) is 10.2 Å². The molecule has 0 fully saturated rings. The quantitative estimate of drug-likeness (QED) is 0.278. The normalized spacial score (nSPS) is 12.2. The average molecular weight is 371 g/mol. The molecule has 8 nitrogen and oxygen atoms in total. The molecule has 0 amide bonds. The highest BCUT2D eigenvalue weighted by Crippen LogP contribution is 2.25. The third-order valence-electron chi connectivity index (χ3n) is 3.31. The minimum Gasteiger partial charge on any atom is -0.449 e. The second-order valence-corrected chi connectivity index (χ2v) is 6.13. The summed E-state index contributed by atoms with van der Waals surface area (Å²) in [5, 5.41) is 20.5. The van der Waals surface area contributed by atoms with Gasteiger partial charge in [0.2, 0.25) is 0 Å². The van der Waals surface area contributed by atoms with Crippen molar-refractivity contribution in [1.29, 1.82) is 0 Å². The molecule has 0 aliphatic heterocycles. The monoisotopic (exact) mass is 371 g/mol. The van der Waals surface area contributed by atoms with Crippen molar-refractivity contribution in [3.63, 3.8) is 0 Å². The molecule has 2 aromatic heterocycles. The third-order valence-corrected chi connectivity index (χ3v) is 4.16. The number of aromatic nitrogens is 2. The third kappa shape index (κ3) is 4.19. The first kappa shape index (κ1) is 17.5. The van der Waals surface area contributed by atoms with E-state index >= 15 is 0 Å². The summed E-state index contributed by atoms with van der Waals surface area (Å²) in [7, 11) is 0. The van der Waals surface area contributed by atoms with Crippen molar-refractivity contribution in [2.45, 2.75) is 13.0 Å². The van der Waals surface area contributed by atoms with E-state index in [2.05, 4.69) is 10.2 Å². The summed E-state index contributed by atoms with van der Waals surface area (Å²) in [5.41, 5.74) is 0.461. The second kappa shape index (κ2) is 7.70. The number of ether oxygens (including phenoxy) is 1. The van der Waals surface area contributed by atoms with E-state index in [9.17, 15) is 14.9 Å². The minimum absolute atomic E-state index is 0.0548. The first-order valence-electron chi connectivity index (χ1n) is 7.53. The molecular formula is C17H13N3O5S. The van der Waals surface area contributed by atoms with Crippen molar-refractivity contribution in [2.75, 3.05) is 0 Å². The summed E-state index contributed by atoms with van der Waals surface area (Å²) in [6, 6.07) is 9.63. The predicted molar refractivity (Wildman–Crippen MR) is 94.2 cm³/mol. The average Bonchev–Trinajstić information content (AvgIpc) is 3.31. The van der Waals surface area contributed by atoms with Crippen LogP contribution in [0.2, 0.25) is 0 Å². The van der Waals surface area contributed by atoms with E-state index in [4.69, 9.17) is 9.15 Å². The number of nitro benzene ring substituents is 1. The van der Waals surface area contributed by atoms with Crippen LogP contribution in [0.1, 0.15) is 24.5 Å². The topological polar surface area (TPSA) is 108 Å². The van der Waals surface area contributed by atoms with E-state index in [1.54, 1.807) is 13.0 Å². The van der Waals surface area contributed by atoms with Crippen molar-refractivity contribution in [3.8, 4) is 10.8 Å². The van der Waals surface area contributed by atoms with Gasteiger partial charge in [-0.2, -0.15) is 0 Å². The summed E-state index contributed by atoms with van der Waals surface area (Å²) in [5.74, 6) is -0.0737. The lowest BCUT2D eigenvalue weighted by Gasteiger charge is -2.06. The van der Waals surface area contributed by atoms with Gasteiger partial charge in [0.25, 0.3) is 17.5 Å². The highest BCUT2D eigenvalue weighted by atomic mass is 32.1. The molecule has 1 atom stereocenters. The number of benzene rings is 1. The Kier molecular flexibility index (Phi) is 5.18. The number of hydrogen-bond donors (Lipinski definition) is 0. The van der Waals surface area contributed by atoms with E-state index in [1.165, 1.54) is 41.7 Å². The number of nitrogens with zero attached hydrogens (tertiary/aromatic N) is 3. The number of carbonyl (C=O) groups excluding carboxylic acids is 1. The van der Waals surface area contributed by atoms with Crippen LogP contribution in [-0.2, 0) is 9.53 Å². The fourth-order valence-corrected chi connectivity index (χ4v) is 2.71. The van der Waals surface area contributed by atoms with Crippen molar-refractivity contribution < 1.29 is 18.9 Å². The van der Waals surface area contributed by atoms with Gasteiger partial charge in [0.1, 0.15) is 0 Å². The molecule has 0 unspecified atom stereocenters. The van der Waals surface area contributed by atoms with Crippen LogP contribution in [0.5, 0.6) is 0 Å². The van der Waals surface area contributed by atoms with Crippen LogP contribution >= 0.6 is 11.3 Å². The molecule has 2 heterocycles. The molecule has 0 radical (unpaired) electrons. The van der Waals surface area contributed by atoms with Crippen molar-refractivity contribution >= 4 is 29.1 Å². The highest BCUT2D eigenvalue weighted by molar-refractivity contribution is 7.13. The minimum atomic E-state index is -0.724. The highest BCUT2D eigenvalue weighted by Gasteiger charge is 2.18. The zero-order valence-electron chi connectivity index (χ0n) is 13.6. The lowest BCUT2D eigenvalue weighted by molar-refractivity contribution is -0.384. The van der Waals surface area contributed by atoms with Gasteiger partial charge in [-0.3, -0.25) is 10.1 Å². The van der Waals surface area contributed by atoms with Crippen molar-refractivity contribution in [2.24, 2.45) is 0 Å². The van der Waals surface area contributed by atoms with Crippen LogP contribution in [0.25, 0.3) is 16.8 Å². The van der Waals surface area contributed by atoms with Gasteiger partial charge >= 0.3 is 5.97 Å². The Hall–Kier alpha value is -3.33. The Labute approximate surface area is 151 Å². The molecule has 26 heavy (non-hydrogen) atoms. The Bertz CT molecular complexity index is 949. The van der Waals surface area contributed by atoms with E-state index in [0.29, 0.717) is 11.5 Å². The molecule has 1 aromatic carbocycles. The van der Waals surface area contributed by atoms with Crippen LogP contribution in [0.15, 0.2) is 52.3 Å². The van der Waals surface area contributed by atoms with E-state index < -0.39 is 17.0 Å². The molecule has 0 saturated heterocycles. The largest absolute Gasteiger partial charge is 0.449 e. The van der Waals surface area contributed by atoms with Gasteiger partial charge in [0.15, 0.2) is 6.10 Å². The molecule has 3 rings (SSSR count). The molecule has 0 spiro atoms. The zero-order valence-corrected chi connectivity index (χ0v) is 14.4. The number of carbonyl (C=O) groups is 1. The predicted octanol–water partition coefficient (Wildman–Crippen LogP) is 4.02. The van der Waals surface area contributed by atoms with Crippen LogP contribution < -0.4 is 0 Å². The summed E-state index contributed by atoms with van der Waals surface area (Å²) in [4.78, 5) is 23.0. The van der Waals surface area contributed by atoms with Crippen LogP contribution in [-0.4, -0.2) is 21.1 Å². The number of thiophene rings is 1. The molecule has 0 saturated carbocycles. The lowest BCUT2D eigenvalue weighted by atomic mass is 10.2. The standard InChI is InChI=1S/C17H13N3O5S/c1-11(16-18-19-17(25-16)14-6-3-9-26-14)24-15(21)8-7-12-4-2-5-13(10-12)20(22)23/h2-11H,1H3/b8-7+/t11-/m0/s1. The van der Waals surface area contributed by atoms with Crippen LogP contribution in [0, 0.1) is 10.1 Å². The van der Waals surface area contributed by atoms with Crippen molar-refractivity contribution in [3.05, 3.63) is 69.4 Å². The Morgan fingerprint density at radius 1 is 1.35 bits per heavy atom. The smallest absolute Gasteiger partial charge is 0.331 e. The first-order valence-corrected chi connectivity index (χ1v) is 8.41. The van der Waals surface area contributed by atoms with Gasteiger partial charge in [0, 0.05) is 18.2 Å². The van der Waals surface area contributed by atoms with Crippen LogP contribution in [0.4, 0.5) is 5.69 Å². The van der Waals surface area contributed by atoms with E-state index in [0.717, 1.165) is 4.88 Å². The maximum absolute atomic E-state index is 11.9. The van der Waals surface area contributed by atoms with E-state index in [-0.39, 0.29) is 11.6 Å². The Morgan fingerprint density at radius 3 is 2.92 bits per heavy atom. The molecule has 0 aliphatic carbocycles. The number of hydrogen-bond acceptors (Lipinski definition) is 8. The first-order chi connectivity index (χ1) is 12.5. The second-order valence-electron chi connectivity index (χ2n) is 5.19. The molecule has 0 bridgehead atoms. The molecule has 9 heteroatoms. The summed E-state index contributed by atoms with van der Waals surface area (Å²) >= 11 is 1.46. The summed E-state index contributed by atoms with van der Waals surface area (Å²) < 4.78 is 10.7. The summed E-state index contributed by atoms with van der Waals surface area (Å²) in [6.45, 7) is 1.62. The van der Waals surface area contributed by atoms with Gasteiger partial charge in [-0.05, 0) is 30.0 Å². The van der Waals surface area contributed by atoms with Gasteiger partial charge in [0.05, 0.1) is 9.80 Å². The van der Waals surface area contributed by atoms with E-state index in [1.807, 2.05) is 17.5 Å². The number of rotatable bonds is 6. The fourth-order valence-electron chi connectivity index (χ4n) is 2.07. The van der Waals surface area contributed by atoms with Crippen LogP contribution in [0.3, 0.4) is 0 Å².